The molecule has 0 radical (unpaired) electrons. The van der Waals surface area contributed by atoms with Gasteiger partial charge in [0.2, 0.25) is 5.88 Å². The van der Waals surface area contributed by atoms with Crippen LogP contribution in [0.15, 0.2) is 48.9 Å². The lowest BCUT2D eigenvalue weighted by Crippen LogP contribution is -2.41. The first-order valence-electron chi connectivity index (χ1n) is 12.8. The van der Waals surface area contributed by atoms with Gasteiger partial charge in [0.25, 0.3) is 0 Å². The normalized spacial score (nSPS) is 20.4. The van der Waals surface area contributed by atoms with Crippen LogP contribution in [0.5, 0.6) is 5.88 Å². The van der Waals surface area contributed by atoms with Crippen molar-refractivity contribution in [2.75, 3.05) is 6.54 Å². The van der Waals surface area contributed by atoms with Crippen LogP contribution in [0.25, 0.3) is 16.8 Å². The van der Waals surface area contributed by atoms with Crippen molar-refractivity contribution in [1.82, 2.24) is 29.0 Å². The summed E-state index contributed by atoms with van der Waals surface area (Å²) in [6.45, 7) is 4.81. The highest BCUT2D eigenvalue weighted by Crippen LogP contribution is 2.42. The molecule has 4 aromatic heterocycles. The molecule has 1 saturated carbocycles. The third-order valence-corrected chi connectivity index (χ3v) is 7.70. The molecule has 1 aliphatic heterocycles. The standard InChI is InChI=1S/C28H28N8O/c1-18-24(16-33-36(18)22-8-10-34(17-30)26(13-22)20-6-7-20)21-11-27-32-15-23(14-29)35(27)28(12-21)37-19(2)25-5-3-4-9-31-25/h3-5,9,11-12,15-16,19-20,22,26H,6-8,10,13H2,1-2H3/t19-,22-,26-/m1/s1. The molecule has 1 saturated heterocycles. The molecule has 0 N–H and O–H groups in total. The second kappa shape index (κ2) is 9.25. The van der Waals surface area contributed by atoms with Gasteiger partial charge >= 0.3 is 0 Å². The number of hydrogen-bond donors (Lipinski definition) is 0. The van der Waals surface area contributed by atoms with Gasteiger partial charge in [-0.25, -0.2) is 4.98 Å². The Hall–Kier alpha value is -4.37. The Kier molecular flexibility index (Phi) is 5.77. The maximum Gasteiger partial charge on any atom is 0.201 e. The first kappa shape index (κ1) is 23.1. The lowest BCUT2D eigenvalue weighted by Gasteiger charge is -2.36. The molecule has 186 valence electrons. The molecule has 0 spiro atoms. The lowest BCUT2D eigenvalue weighted by atomic mass is 9.94. The Labute approximate surface area is 215 Å². The molecule has 9 nitrogen and oxygen atoms in total. The first-order valence-corrected chi connectivity index (χ1v) is 12.8. The summed E-state index contributed by atoms with van der Waals surface area (Å²) in [4.78, 5) is 10.9. The van der Waals surface area contributed by atoms with Gasteiger partial charge in [0.15, 0.2) is 6.19 Å². The van der Waals surface area contributed by atoms with E-state index in [1.54, 1.807) is 16.8 Å². The van der Waals surface area contributed by atoms with Gasteiger partial charge < -0.3 is 9.64 Å². The summed E-state index contributed by atoms with van der Waals surface area (Å²) in [5.41, 5.74) is 4.86. The van der Waals surface area contributed by atoms with Crippen molar-refractivity contribution in [2.24, 2.45) is 5.92 Å². The summed E-state index contributed by atoms with van der Waals surface area (Å²) < 4.78 is 10.2. The summed E-state index contributed by atoms with van der Waals surface area (Å²) in [5.74, 6) is 1.17. The molecular weight excluding hydrogens is 464 g/mol. The minimum Gasteiger partial charge on any atom is -0.469 e. The molecule has 3 atom stereocenters. The molecule has 0 bridgehead atoms. The number of fused-ring (bicyclic) bond motifs is 1. The fourth-order valence-electron chi connectivity index (χ4n) is 5.58. The Morgan fingerprint density at radius 3 is 2.70 bits per heavy atom. The second-order valence-electron chi connectivity index (χ2n) is 10.0. The highest BCUT2D eigenvalue weighted by atomic mass is 16.5. The molecule has 4 aromatic rings. The zero-order chi connectivity index (χ0) is 25.5. The van der Waals surface area contributed by atoms with E-state index in [9.17, 15) is 10.5 Å². The fourth-order valence-corrected chi connectivity index (χ4v) is 5.58. The number of hydrogen-bond acceptors (Lipinski definition) is 7. The Morgan fingerprint density at radius 1 is 1.11 bits per heavy atom. The predicted octanol–water partition coefficient (Wildman–Crippen LogP) is 4.81. The smallest absolute Gasteiger partial charge is 0.201 e. The Balaban J connectivity index is 1.35. The molecule has 5 heterocycles. The van der Waals surface area contributed by atoms with Crippen LogP contribution in [0.4, 0.5) is 0 Å². The van der Waals surface area contributed by atoms with Crippen LogP contribution in [-0.4, -0.2) is 41.6 Å². The number of likely N-dealkylation sites (tertiary alicyclic amines) is 1. The number of imidazole rings is 1. The van der Waals surface area contributed by atoms with Crippen molar-refractivity contribution in [3.8, 4) is 29.3 Å². The monoisotopic (exact) mass is 492 g/mol. The van der Waals surface area contributed by atoms with E-state index >= 15 is 0 Å². The van der Waals surface area contributed by atoms with Crippen molar-refractivity contribution < 1.29 is 4.74 Å². The van der Waals surface area contributed by atoms with Crippen LogP contribution in [-0.2, 0) is 0 Å². The van der Waals surface area contributed by atoms with Crippen LogP contribution in [0, 0.1) is 35.6 Å². The van der Waals surface area contributed by atoms with E-state index in [-0.39, 0.29) is 12.1 Å². The van der Waals surface area contributed by atoms with Gasteiger partial charge in [-0.05, 0) is 69.2 Å². The third kappa shape index (κ3) is 4.17. The number of pyridine rings is 2. The van der Waals surface area contributed by atoms with Crippen molar-refractivity contribution >= 4 is 5.65 Å². The molecule has 6 rings (SSSR count). The zero-order valence-electron chi connectivity index (χ0n) is 20.9. The quantitative estimate of drug-likeness (QED) is 0.355. The Morgan fingerprint density at radius 2 is 1.97 bits per heavy atom. The largest absolute Gasteiger partial charge is 0.469 e. The lowest BCUT2D eigenvalue weighted by molar-refractivity contribution is 0.150. The number of ether oxygens (including phenoxy) is 1. The molecule has 2 fully saturated rings. The summed E-state index contributed by atoms with van der Waals surface area (Å²) in [5, 5.41) is 24.0. The molecule has 37 heavy (non-hydrogen) atoms. The number of rotatable bonds is 6. The summed E-state index contributed by atoms with van der Waals surface area (Å²) in [7, 11) is 0. The summed E-state index contributed by atoms with van der Waals surface area (Å²) in [6, 6.07) is 12.4. The van der Waals surface area contributed by atoms with Gasteiger partial charge in [0, 0.05) is 36.1 Å². The van der Waals surface area contributed by atoms with E-state index in [1.165, 1.54) is 12.8 Å². The highest BCUT2D eigenvalue weighted by molar-refractivity contribution is 5.71. The van der Waals surface area contributed by atoms with E-state index in [4.69, 9.17) is 9.84 Å². The molecular formula is C28H28N8O. The van der Waals surface area contributed by atoms with Crippen LogP contribution in [0.2, 0.25) is 0 Å². The number of aromatic nitrogens is 5. The van der Waals surface area contributed by atoms with Crippen molar-refractivity contribution in [1.29, 1.82) is 10.5 Å². The van der Waals surface area contributed by atoms with E-state index in [0.717, 1.165) is 41.9 Å². The fraction of sp³-hybridized carbons (Fsp3) is 0.393. The van der Waals surface area contributed by atoms with Crippen LogP contribution < -0.4 is 4.74 Å². The highest BCUT2D eigenvalue weighted by Gasteiger charge is 2.40. The van der Waals surface area contributed by atoms with Gasteiger partial charge in [0.1, 0.15) is 23.5 Å². The number of nitriles is 2. The van der Waals surface area contributed by atoms with Crippen molar-refractivity contribution in [3.05, 3.63) is 66.0 Å². The predicted molar refractivity (Wildman–Crippen MR) is 136 cm³/mol. The molecule has 0 amide bonds. The van der Waals surface area contributed by atoms with Crippen molar-refractivity contribution in [2.45, 2.75) is 57.7 Å². The van der Waals surface area contributed by atoms with Crippen LogP contribution in [0.1, 0.15) is 61.8 Å². The van der Waals surface area contributed by atoms with Gasteiger partial charge in [-0.1, -0.05) is 6.07 Å². The summed E-state index contributed by atoms with van der Waals surface area (Å²) in [6.07, 6.45) is 11.6. The van der Waals surface area contributed by atoms with E-state index in [1.807, 2.05) is 48.4 Å². The molecule has 1 aliphatic carbocycles. The van der Waals surface area contributed by atoms with E-state index in [0.29, 0.717) is 29.2 Å². The zero-order valence-corrected chi connectivity index (χ0v) is 20.9. The van der Waals surface area contributed by atoms with Crippen LogP contribution >= 0.6 is 0 Å². The maximum absolute atomic E-state index is 9.66. The van der Waals surface area contributed by atoms with Crippen molar-refractivity contribution in [3.63, 3.8) is 0 Å². The summed E-state index contributed by atoms with van der Waals surface area (Å²) >= 11 is 0. The topological polar surface area (TPSA) is 108 Å². The average Bonchev–Trinajstić information content (AvgIpc) is 3.58. The minimum absolute atomic E-state index is 0.268. The van der Waals surface area contributed by atoms with Gasteiger partial charge in [-0.15, -0.1) is 0 Å². The molecule has 2 aliphatic rings. The van der Waals surface area contributed by atoms with Gasteiger partial charge in [0.05, 0.1) is 24.1 Å². The van der Waals surface area contributed by atoms with E-state index < -0.39 is 0 Å². The SMILES string of the molecule is Cc1c(-c2cc(O[C@H](C)c3ccccn3)n3c(C#N)cnc3c2)cnn1[C@@H]1CCN(C#N)[C@@H](C2CC2)C1. The molecule has 0 unspecified atom stereocenters. The van der Waals surface area contributed by atoms with Gasteiger partial charge in [-0.2, -0.15) is 15.6 Å². The second-order valence-corrected chi connectivity index (χ2v) is 10.0. The minimum atomic E-state index is -0.318. The average molecular weight is 493 g/mol. The van der Waals surface area contributed by atoms with Crippen LogP contribution in [0.3, 0.4) is 0 Å². The van der Waals surface area contributed by atoms with Gasteiger partial charge in [-0.3, -0.25) is 14.1 Å². The number of nitrogens with zero attached hydrogens (tertiary/aromatic N) is 8. The molecule has 0 aromatic carbocycles. The Bertz CT molecular complexity index is 1520. The first-order chi connectivity index (χ1) is 18.1. The van der Waals surface area contributed by atoms with E-state index in [2.05, 4.69) is 33.8 Å². The maximum atomic E-state index is 9.66. The number of piperidine rings is 1. The molecule has 9 heteroatoms. The third-order valence-electron chi connectivity index (χ3n) is 7.70.